The molecule has 2 heterocycles. The van der Waals surface area contributed by atoms with Gasteiger partial charge in [0.15, 0.2) is 5.65 Å². The molecule has 2 aromatic heterocycles. The number of thioether (sulfide) groups is 1. The van der Waals surface area contributed by atoms with E-state index in [4.69, 9.17) is 5.73 Å². The summed E-state index contributed by atoms with van der Waals surface area (Å²) in [6, 6.07) is 4.35. The molecule has 0 saturated heterocycles. The molecule has 0 atom stereocenters. The van der Waals surface area contributed by atoms with Crippen LogP contribution in [0.25, 0.3) is 11.2 Å². The SMILES string of the molecule is CSC1CCC(n2c(N)nc3cccnc32)CC1. The van der Waals surface area contributed by atoms with Crippen LogP contribution >= 0.6 is 11.8 Å². The molecule has 0 aromatic carbocycles. The molecule has 0 amide bonds. The van der Waals surface area contributed by atoms with Crippen LogP contribution in [0.4, 0.5) is 5.95 Å². The predicted molar refractivity (Wildman–Crippen MR) is 76.7 cm³/mol. The molecule has 0 radical (unpaired) electrons. The molecule has 2 aromatic rings. The second kappa shape index (κ2) is 4.80. The van der Waals surface area contributed by atoms with Crippen LogP contribution in [0.5, 0.6) is 0 Å². The van der Waals surface area contributed by atoms with Crippen molar-refractivity contribution in [2.24, 2.45) is 0 Å². The zero-order valence-corrected chi connectivity index (χ0v) is 11.4. The number of nitrogens with two attached hydrogens (primary N) is 1. The fourth-order valence-corrected chi connectivity index (χ4v) is 3.59. The average Bonchev–Trinajstić information content (AvgIpc) is 2.75. The Bertz CT molecular complexity index is 543. The number of hydrogen-bond donors (Lipinski definition) is 1. The first-order valence-corrected chi connectivity index (χ1v) is 7.69. The molecule has 0 unspecified atom stereocenters. The molecule has 0 aliphatic heterocycles. The summed E-state index contributed by atoms with van der Waals surface area (Å²) in [4.78, 5) is 8.83. The van der Waals surface area contributed by atoms with Gasteiger partial charge in [-0.3, -0.25) is 4.57 Å². The Kier molecular flexibility index (Phi) is 3.16. The quantitative estimate of drug-likeness (QED) is 0.904. The molecule has 0 bridgehead atoms. The smallest absolute Gasteiger partial charge is 0.202 e. The fraction of sp³-hybridized carbons (Fsp3) is 0.538. The van der Waals surface area contributed by atoms with E-state index < -0.39 is 0 Å². The van der Waals surface area contributed by atoms with Crippen LogP contribution in [-0.2, 0) is 0 Å². The number of anilines is 1. The Morgan fingerprint density at radius 3 is 2.83 bits per heavy atom. The van der Waals surface area contributed by atoms with Gasteiger partial charge in [0, 0.05) is 17.5 Å². The standard InChI is InChI=1S/C13H18N4S/c1-18-10-6-4-9(5-7-10)17-12-11(16-13(17)14)3-2-8-15-12/h2-3,8-10H,4-7H2,1H3,(H2,14,16). The van der Waals surface area contributed by atoms with Crippen molar-refractivity contribution in [3.63, 3.8) is 0 Å². The molecular formula is C13H18N4S. The molecule has 1 fully saturated rings. The molecule has 0 spiro atoms. The van der Waals surface area contributed by atoms with Gasteiger partial charge in [-0.05, 0) is 44.1 Å². The van der Waals surface area contributed by atoms with Crippen molar-refractivity contribution in [1.82, 2.24) is 14.5 Å². The molecular weight excluding hydrogens is 244 g/mol. The summed E-state index contributed by atoms with van der Waals surface area (Å²) in [5.74, 6) is 0.608. The number of aromatic nitrogens is 3. The Hall–Kier alpha value is -1.23. The van der Waals surface area contributed by atoms with Crippen molar-refractivity contribution in [2.45, 2.75) is 37.0 Å². The Morgan fingerprint density at radius 2 is 2.11 bits per heavy atom. The second-order valence-corrected chi connectivity index (χ2v) is 5.99. The summed E-state index contributed by atoms with van der Waals surface area (Å²) in [6.07, 6.45) is 8.89. The van der Waals surface area contributed by atoms with E-state index in [1.807, 2.05) is 30.1 Å². The summed E-state index contributed by atoms with van der Waals surface area (Å²) in [5.41, 5.74) is 7.90. The van der Waals surface area contributed by atoms with Gasteiger partial charge in [-0.25, -0.2) is 9.97 Å². The van der Waals surface area contributed by atoms with Crippen molar-refractivity contribution in [3.8, 4) is 0 Å². The molecule has 1 saturated carbocycles. The lowest BCUT2D eigenvalue weighted by atomic mass is 9.95. The number of nitrogens with zero attached hydrogens (tertiary/aromatic N) is 3. The van der Waals surface area contributed by atoms with E-state index in [1.54, 1.807) is 0 Å². The predicted octanol–water partition coefficient (Wildman–Crippen LogP) is 2.86. The van der Waals surface area contributed by atoms with Crippen molar-refractivity contribution in [1.29, 1.82) is 0 Å². The van der Waals surface area contributed by atoms with E-state index >= 15 is 0 Å². The fourth-order valence-electron chi connectivity index (χ4n) is 2.85. The first-order valence-electron chi connectivity index (χ1n) is 6.41. The molecule has 5 heteroatoms. The molecule has 1 aliphatic rings. The molecule has 4 nitrogen and oxygen atoms in total. The summed E-state index contributed by atoms with van der Waals surface area (Å²) in [6.45, 7) is 0. The topological polar surface area (TPSA) is 56.7 Å². The molecule has 96 valence electrons. The number of hydrogen-bond acceptors (Lipinski definition) is 4. The summed E-state index contributed by atoms with van der Waals surface area (Å²) in [7, 11) is 0. The Labute approximate surface area is 111 Å². The Balaban J connectivity index is 1.92. The highest BCUT2D eigenvalue weighted by atomic mass is 32.2. The average molecular weight is 262 g/mol. The normalized spacial score (nSPS) is 24.5. The van der Waals surface area contributed by atoms with Gasteiger partial charge in [0.25, 0.3) is 0 Å². The van der Waals surface area contributed by atoms with E-state index in [-0.39, 0.29) is 0 Å². The van der Waals surface area contributed by atoms with Crippen molar-refractivity contribution < 1.29 is 0 Å². The van der Waals surface area contributed by atoms with E-state index in [0.717, 1.165) is 16.4 Å². The minimum Gasteiger partial charge on any atom is -0.369 e. The van der Waals surface area contributed by atoms with E-state index in [1.165, 1.54) is 25.7 Å². The van der Waals surface area contributed by atoms with Crippen LogP contribution in [0.15, 0.2) is 18.3 Å². The Morgan fingerprint density at radius 1 is 1.33 bits per heavy atom. The van der Waals surface area contributed by atoms with Crippen LogP contribution in [0.1, 0.15) is 31.7 Å². The number of fused-ring (bicyclic) bond motifs is 1. The van der Waals surface area contributed by atoms with Gasteiger partial charge >= 0.3 is 0 Å². The van der Waals surface area contributed by atoms with Crippen molar-refractivity contribution in [3.05, 3.63) is 18.3 Å². The highest BCUT2D eigenvalue weighted by Gasteiger charge is 2.24. The lowest BCUT2D eigenvalue weighted by Crippen LogP contribution is -2.20. The van der Waals surface area contributed by atoms with Gasteiger partial charge in [0.1, 0.15) is 5.52 Å². The van der Waals surface area contributed by atoms with Gasteiger partial charge in [-0.1, -0.05) is 0 Å². The van der Waals surface area contributed by atoms with Crippen LogP contribution in [-0.4, -0.2) is 26.0 Å². The van der Waals surface area contributed by atoms with E-state index in [0.29, 0.717) is 12.0 Å². The maximum absolute atomic E-state index is 6.06. The maximum Gasteiger partial charge on any atom is 0.202 e. The zero-order chi connectivity index (χ0) is 12.5. The van der Waals surface area contributed by atoms with Crippen molar-refractivity contribution in [2.75, 3.05) is 12.0 Å². The van der Waals surface area contributed by atoms with Crippen LogP contribution < -0.4 is 5.73 Å². The van der Waals surface area contributed by atoms with E-state index in [2.05, 4.69) is 20.8 Å². The second-order valence-electron chi connectivity index (χ2n) is 4.85. The third-order valence-electron chi connectivity index (χ3n) is 3.82. The molecule has 18 heavy (non-hydrogen) atoms. The lowest BCUT2D eigenvalue weighted by Gasteiger charge is -2.28. The number of imidazole rings is 1. The lowest BCUT2D eigenvalue weighted by molar-refractivity contribution is 0.368. The summed E-state index contributed by atoms with van der Waals surface area (Å²) in [5, 5.41) is 0.810. The van der Waals surface area contributed by atoms with Gasteiger partial charge in [0.05, 0.1) is 0 Å². The van der Waals surface area contributed by atoms with Crippen LogP contribution in [0.3, 0.4) is 0 Å². The minimum absolute atomic E-state index is 0.466. The number of pyridine rings is 1. The van der Waals surface area contributed by atoms with Gasteiger partial charge in [-0.15, -0.1) is 0 Å². The van der Waals surface area contributed by atoms with Gasteiger partial charge in [0.2, 0.25) is 5.95 Å². The van der Waals surface area contributed by atoms with E-state index in [9.17, 15) is 0 Å². The number of rotatable bonds is 2. The third-order valence-corrected chi connectivity index (χ3v) is 4.96. The van der Waals surface area contributed by atoms with Gasteiger partial charge in [-0.2, -0.15) is 11.8 Å². The van der Waals surface area contributed by atoms with Crippen molar-refractivity contribution >= 4 is 28.9 Å². The summed E-state index contributed by atoms with van der Waals surface area (Å²) < 4.78 is 2.13. The molecule has 1 aliphatic carbocycles. The van der Waals surface area contributed by atoms with Crippen LogP contribution in [0, 0.1) is 0 Å². The first-order chi connectivity index (χ1) is 8.79. The third kappa shape index (κ3) is 1.96. The maximum atomic E-state index is 6.06. The highest BCUT2D eigenvalue weighted by molar-refractivity contribution is 7.99. The monoisotopic (exact) mass is 262 g/mol. The molecule has 3 rings (SSSR count). The highest BCUT2D eigenvalue weighted by Crippen LogP contribution is 2.36. The first kappa shape index (κ1) is 11.8. The van der Waals surface area contributed by atoms with Gasteiger partial charge < -0.3 is 5.73 Å². The summed E-state index contributed by atoms with van der Waals surface area (Å²) >= 11 is 1.98. The largest absolute Gasteiger partial charge is 0.369 e. The van der Waals surface area contributed by atoms with Crippen LogP contribution in [0.2, 0.25) is 0 Å². The minimum atomic E-state index is 0.466. The molecule has 2 N–H and O–H groups in total. The zero-order valence-electron chi connectivity index (χ0n) is 10.5. The number of nitrogen functional groups attached to an aromatic ring is 1.